The smallest absolute Gasteiger partial charge is 0.790 e. The first-order chi connectivity index (χ1) is 7.83. The van der Waals surface area contributed by atoms with E-state index in [1.807, 2.05) is 0 Å². The quantitative estimate of drug-likeness (QED) is 0.139. The third-order valence-electron chi connectivity index (χ3n) is 1.87. The second-order valence-corrected chi connectivity index (χ2v) is 4.76. The van der Waals surface area contributed by atoms with E-state index in [4.69, 9.17) is 4.74 Å². The Labute approximate surface area is 158 Å². The van der Waals surface area contributed by atoms with E-state index in [-0.39, 0.29) is 65.7 Å². The van der Waals surface area contributed by atoms with Crippen molar-refractivity contribution in [3.8, 4) is 0 Å². The summed E-state index contributed by atoms with van der Waals surface area (Å²) >= 11 is 0. The molecule has 6 nitrogen and oxygen atoms in total. The second-order valence-electron chi connectivity index (χ2n) is 3.61. The van der Waals surface area contributed by atoms with E-state index < -0.39 is 13.8 Å². The first-order valence-corrected chi connectivity index (χ1v) is 6.78. The van der Waals surface area contributed by atoms with Crippen LogP contribution in [0, 0.1) is 0 Å². The molecule has 0 aromatic heterocycles. The van der Waals surface area contributed by atoms with E-state index in [1.54, 1.807) is 6.92 Å². The molecule has 0 aromatic rings. The van der Waals surface area contributed by atoms with Gasteiger partial charge in [-0.1, -0.05) is 13.0 Å². The molecule has 19 heavy (non-hydrogen) atoms. The molecule has 9 heteroatoms. The van der Waals surface area contributed by atoms with Crippen molar-refractivity contribution < 1.29 is 87.5 Å². The number of hydrogen-bond donors (Lipinski definition) is 0. The van der Waals surface area contributed by atoms with Crippen molar-refractivity contribution in [2.24, 2.45) is 0 Å². The number of rotatable bonds is 9. The molecule has 0 aromatic carbocycles. The molecule has 0 atom stereocenters. The zero-order valence-electron chi connectivity index (χ0n) is 11.8. The van der Waals surface area contributed by atoms with Gasteiger partial charge in [-0.25, -0.2) is 4.79 Å². The number of phosphoric acid groups is 1. The standard InChI is InChI=1S/C10H19O6P.2Na/c1-9(2)10(11)15-7-5-3-4-6-8-16-17(12,13)14;;/h1,3-8H2,2H3,(H2,12,13,14);;/q;2*+1/p-2. The third kappa shape index (κ3) is 19.3. The fourth-order valence-electron chi connectivity index (χ4n) is 1.02. The molecule has 0 heterocycles. The molecule has 0 unspecified atom stereocenters. The minimum absolute atomic E-state index is 0. The minimum atomic E-state index is -4.83. The molecule has 100 valence electrons. The van der Waals surface area contributed by atoms with E-state index in [0.717, 1.165) is 6.42 Å². The normalized spacial score (nSPS) is 10.1. The van der Waals surface area contributed by atoms with Crippen molar-refractivity contribution in [3.63, 3.8) is 0 Å². The fraction of sp³-hybridized carbons (Fsp3) is 0.700. The van der Waals surface area contributed by atoms with Gasteiger partial charge in [0, 0.05) is 5.57 Å². The van der Waals surface area contributed by atoms with Gasteiger partial charge in [-0.15, -0.1) is 0 Å². The Balaban J connectivity index is -0.00000128. The number of carbonyl (C=O) groups is 1. The molecule has 0 aliphatic rings. The summed E-state index contributed by atoms with van der Waals surface area (Å²) in [7, 11) is -4.83. The van der Waals surface area contributed by atoms with Crippen molar-refractivity contribution in [1.82, 2.24) is 0 Å². The number of phosphoric ester groups is 1. The predicted octanol–water partition coefficient (Wildman–Crippen LogP) is -5.48. The predicted molar refractivity (Wildman–Crippen MR) is 57.8 cm³/mol. The molecule has 0 fully saturated rings. The maximum absolute atomic E-state index is 10.9. The Kier molecular flexibility index (Phi) is 19.0. The van der Waals surface area contributed by atoms with Gasteiger partial charge in [-0.05, 0) is 26.2 Å². The Morgan fingerprint density at radius 3 is 2.00 bits per heavy atom. The van der Waals surface area contributed by atoms with Crippen LogP contribution in [0.2, 0.25) is 0 Å². The summed E-state index contributed by atoms with van der Waals surface area (Å²) in [6.07, 6.45) is 2.66. The maximum Gasteiger partial charge on any atom is 1.00 e. The van der Waals surface area contributed by atoms with Gasteiger partial charge >= 0.3 is 65.1 Å². The first-order valence-electron chi connectivity index (χ1n) is 5.32. The van der Waals surface area contributed by atoms with Crippen molar-refractivity contribution >= 4 is 13.8 Å². The Bertz CT molecular complexity index is 304. The molecular weight excluding hydrogens is 293 g/mol. The van der Waals surface area contributed by atoms with E-state index in [0.29, 0.717) is 31.4 Å². The molecule has 0 saturated heterocycles. The van der Waals surface area contributed by atoms with Crippen LogP contribution in [-0.4, -0.2) is 19.2 Å². The van der Waals surface area contributed by atoms with Crippen molar-refractivity contribution in [2.75, 3.05) is 13.2 Å². The summed E-state index contributed by atoms with van der Waals surface area (Å²) in [6.45, 7) is 5.24. The van der Waals surface area contributed by atoms with Crippen LogP contribution in [0.1, 0.15) is 32.6 Å². The van der Waals surface area contributed by atoms with Gasteiger partial charge in [-0.3, -0.25) is 0 Å². The van der Waals surface area contributed by atoms with Gasteiger partial charge in [0.2, 0.25) is 0 Å². The zero-order valence-corrected chi connectivity index (χ0v) is 16.7. The van der Waals surface area contributed by atoms with E-state index in [2.05, 4.69) is 11.1 Å². The molecular formula is C10H17Na2O6P. The molecule has 0 spiro atoms. The van der Waals surface area contributed by atoms with Crippen LogP contribution in [0.25, 0.3) is 0 Å². The van der Waals surface area contributed by atoms with Gasteiger partial charge in [-0.2, -0.15) is 0 Å². The number of ether oxygens (including phenoxy) is 1. The van der Waals surface area contributed by atoms with Crippen molar-refractivity contribution in [3.05, 3.63) is 12.2 Å². The van der Waals surface area contributed by atoms with Crippen LogP contribution in [0.15, 0.2) is 12.2 Å². The van der Waals surface area contributed by atoms with Crippen LogP contribution >= 0.6 is 7.82 Å². The fourth-order valence-corrected chi connectivity index (χ4v) is 1.37. The Hall–Kier alpha value is 1.32. The summed E-state index contributed by atoms with van der Waals surface area (Å²) in [4.78, 5) is 31.1. The first kappa shape index (κ1) is 25.3. The Morgan fingerprint density at radius 1 is 1.11 bits per heavy atom. The second kappa shape index (κ2) is 14.3. The summed E-state index contributed by atoms with van der Waals surface area (Å²) in [5.41, 5.74) is 0.361. The molecule has 0 amide bonds. The van der Waals surface area contributed by atoms with Crippen LogP contribution in [0.5, 0.6) is 0 Å². The molecule has 0 saturated carbocycles. The summed E-state index contributed by atoms with van der Waals surface area (Å²) < 4.78 is 19.0. The SMILES string of the molecule is C=C(C)C(=O)OCCCCCCOP(=O)([O-])[O-].[Na+].[Na+]. The summed E-state index contributed by atoms with van der Waals surface area (Å²) in [6, 6.07) is 0. The van der Waals surface area contributed by atoms with Crippen LogP contribution in [-0.2, 0) is 18.6 Å². The average Bonchev–Trinajstić information content (AvgIpc) is 2.19. The molecule has 0 aliphatic carbocycles. The molecule has 0 rings (SSSR count). The topological polar surface area (TPSA) is 98.7 Å². The van der Waals surface area contributed by atoms with Crippen LogP contribution in [0.4, 0.5) is 0 Å². The average molecular weight is 310 g/mol. The van der Waals surface area contributed by atoms with E-state index in [1.165, 1.54) is 0 Å². The molecule has 0 radical (unpaired) electrons. The van der Waals surface area contributed by atoms with Gasteiger partial charge in [0.1, 0.15) is 0 Å². The number of unbranched alkanes of at least 4 members (excludes halogenated alkanes) is 3. The van der Waals surface area contributed by atoms with Gasteiger partial charge in [0.25, 0.3) is 0 Å². The number of carbonyl (C=O) groups excluding carboxylic acids is 1. The summed E-state index contributed by atoms with van der Waals surface area (Å²) in [5.74, 6) is -0.410. The molecule has 0 N–H and O–H groups in total. The third-order valence-corrected chi connectivity index (χ3v) is 2.37. The van der Waals surface area contributed by atoms with Crippen LogP contribution < -0.4 is 68.9 Å². The Morgan fingerprint density at radius 2 is 1.58 bits per heavy atom. The number of hydrogen-bond acceptors (Lipinski definition) is 6. The zero-order chi connectivity index (χ0) is 13.3. The number of esters is 1. The van der Waals surface area contributed by atoms with Gasteiger partial charge in [0.15, 0.2) is 0 Å². The minimum Gasteiger partial charge on any atom is -0.790 e. The van der Waals surface area contributed by atoms with E-state index in [9.17, 15) is 19.1 Å². The van der Waals surface area contributed by atoms with Crippen molar-refractivity contribution in [2.45, 2.75) is 32.6 Å². The molecule has 0 aliphatic heterocycles. The largest absolute Gasteiger partial charge is 1.00 e. The van der Waals surface area contributed by atoms with Gasteiger partial charge < -0.3 is 23.6 Å². The van der Waals surface area contributed by atoms with E-state index >= 15 is 0 Å². The monoisotopic (exact) mass is 310 g/mol. The summed E-state index contributed by atoms with van der Waals surface area (Å²) in [5, 5.41) is 0. The van der Waals surface area contributed by atoms with Crippen molar-refractivity contribution in [1.29, 1.82) is 0 Å². The maximum atomic E-state index is 10.9. The van der Waals surface area contributed by atoms with Crippen LogP contribution in [0.3, 0.4) is 0 Å². The van der Waals surface area contributed by atoms with Gasteiger partial charge in [0.05, 0.1) is 21.0 Å². The molecule has 0 bridgehead atoms.